The fourth-order valence-electron chi connectivity index (χ4n) is 3.71. The Morgan fingerprint density at radius 1 is 1.00 bits per heavy atom. The Labute approximate surface area is 180 Å². The molecule has 0 N–H and O–H groups in total. The summed E-state index contributed by atoms with van der Waals surface area (Å²) in [5.41, 5.74) is 4.33. The fraction of sp³-hybridized carbons (Fsp3) is 0.346. The molecule has 2 aromatic carbocycles. The van der Waals surface area contributed by atoms with Gasteiger partial charge in [0, 0.05) is 25.0 Å². The lowest BCUT2D eigenvalue weighted by atomic mass is 10.1. The average molecular weight is 405 g/mol. The molecule has 0 fully saturated rings. The highest BCUT2D eigenvalue weighted by atomic mass is 16.5. The molecular formula is C26H32N2O2. The van der Waals surface area contributed by atoms with E-state index in [-0.39, 0.29) is 5.91 Å². The lowest BCUT2D eigenvalue weighted by Gasteiger charge is -2.25. The van der Waals surface area contributed by atoms with Crippen LogP contribution in [0, 0.1) is 6.92 Å². The zero-order valence-corrected chi connectivity index (χ0v) is 18.3. The zero-order chi connectivity index (χ0) is 21.3. The summed E-state index contributed by atoms with van der Waals surface area (Å²) in [7, 11) is 1.61. The van der Waals surface area contributed by atoms with Gasteiger partial charge < -0.3 is 14.2 Å². The van der Waals surface area contributed by atoms with Crippen molar-refractivity contribution in [2.45, 2.75) is 46.2 Å². The highest BCUT2D eigenvalue weighted by Crippen LogP contribution is 2.21. The molecule has 0 radical (unpaired) electrons. The van der Waals surface area contributed by atoms with Crippen molar-refractivity contribution in [2.75, 3.05) is 13.7 Å². The normalized spacial score (nSPS) is 10.8. The van der Waals surface area contributed by atoms with Crippen LogP contribution in [0.15, 0.2) is 66.9 Å². The molecule has 0 saturated heterocycles. The van der Waals surface area contributed by atoms with Crippen molar-refractivity contribution in [2.24, 2.45) is 0 Å². The van der Waals surface area contributed by atoms with Gasteiger partial charge in [0.05, 0.1) is 19.2 Å². The molecule has 0 bridgehead atoms. The van der Waals surface area contributed by atoms with Crippen LogP contribution in [0.1, 0.15) is 53.4 Å². The Hall–Kier alpha value is -3.01. The molecule has 3 aromatic rings. The van der Waals surface area contributed by atoms with Gasteiger partial charge in [-0.25, -0.2) is 0 Å². The van der Waals surface area contributed by atoms with Crippen LogP contribution in [0.4, 0.5) is 0 Å². The first-order chi connectivity index (χ1) is 14.6. The van der Waals surface area contributed by atoms with E-state index < -0.39 is 0 Å². The van der Waals surface area contributed by atoms with Gasteiger partial charge in [0.15, 0.2) is 0 Å². The molecule has 0 atom stereocenters. The highest BCUT2D eigenvalue weighted by molar-refractivity contribution is 5.96. The standard InChI is InChI=1S/C26H32N2O2/c1-4-5-10-17-28(26(29)24-15-8-9-16-25(24)30-3)20-23-14-11-18-27(23)19-22-13-7-6-12-21(22)2/h6-9,11-16,18H,4-5,10,17,19-20H2,1-3H3. The van der Waals surface area contributed by atoms with Crippen LogP contribution in [-0.4, -0.2) is 29.0 Å². The van der Waals surface area contributed by atoms with Crippen LogP contribution in [0.25, 0.3) is 0 Å². The van der Waals surface area contributed by atoms with Gasteiger partial charge in [-0.15, -0.1) is 0 Å². The van der Waals surface area contributed by atoms with E-state index >= 15 is 0 Å². The Morgan fingerprint density at radius 3 is 2.53 bits per heavy atom. The van der Waals surface area contributed by atoms with E-state index in [2.05, 4.69) is 61.0 Å². The lowest BCUT2D eigenvalue weighted by molar-refractivity contribution is 0.0733. The Balaban J connectivity index is 1.83. The van der Waals surface area contributed by atoms with E-state index in [1.54, 1.807) is 7.11 Å². The van der Waals surface area contributed by atoms with Crippen molar-refractivity contribution in [1.82, 2.24) is 9.47 Å². The van der Waals surface area contributed by atoms with Gasteiger partial charge in [0.1, 0.15) is 5.75 Å². The first-order valence-electron chi connectivity index (χ1n) is 10.7. The number of ether oxygens (including phenoxy) is 1. The molecule has 1 aromatic heterocycles. The van der Waals surface area contributed by atoms with Crippen molar-refractivity contribution in [3.05, 3.63) is 89.2 Å². The summed E-state index contributed by atoms with van der Waals surface area (Å²) in [5, 5.41) is 0. The molecule has 1 amide bonds. The van der Waals surface area contributed by atoms with Gasteiger partial charge in [0.25, 0.3) is 5.91 Å². The van der Waals surface area contributed by atoms with Gasteiger partial charge in [-0.1, -0.05) is 56.2 Å². The quantitative estimate of drug-likeness (QED) is 0.407. The maximum atomic E-state index is 13.4. The molecule has 0 aliphatic heterocycles. The first-order valence-corrected chi connectivity index (χ1v) is 10.7. The van der Waals surface area contributed by atoms with Crippen molar-refractivity contribution in [1.29, 1.82) is 0 Å². The smallest absolute Gasteiger partial charge is 0.257 e. The van der Waals surface area contributed by atoms with Gasteiger partial charge >= 0.3 is 0 Å². The van der Waals surface area contributed by atoms with E-state index in [1.165, 1.54) is 11.1 Å². The summed E-state index contributed by atoms with van der Waals surface area (Å²) in [6.45, 7) is 6.45. The maximum absolute atomic E-state index is 13.4. The van der Waals surface area contributed by atoms with Crippen LogP contribution in [0.2, 0.25) is 0 Å². The molecule has 158 valence electrons. The zero-order valence-electron chi connectivity index (χ0n) is 18.3. The average Bonchev–Trinajstić information content (AvgIpc) is 3.20. The number of para-hydroxylation sites is 1. The summed E-state index contributed by atoms with van der Waals surface area (Å²) in [5.74, 6) is 0.644. The number of hydrogen-bond donors (Lipinski definition) is 0. The third kappa shape index (κ3) is 5.32. The van der Waals surface area contributed by atoms with Crippen molar-refractivity contribution in [3.63, 3.8) is 0 Å². The lowest BCUT2D eigenvalue weighted by Crippen LogP contribution is -2.32. The molecule has 0 aliphatic rings. The maximum Gasteiger partial charge on any atom is 0.257 e. The molecule has 4 heteroatoms. The first kappa shape index (κ1) is 21.7. The summed E-state index contributed by atoms with van der Waals surface area (Å²) < 4.78 is 7.68. The van der Waals surface area contributed by atoms with Gasteiger partial charge in [0.2, 0.25) is 0 Å². The second-order valence-corrected chi connectivity index (χ2v) is 7.69. The van der Waals surface area contributed by atoms with Crippen LogP contribution >= 0.6 is 0 Å². The SMILES string of the molecule is CCCCCN(Cc1cccn1Cc1ccccc1C)C(=O)c1ccccc1OC. The summed E-state index contributed by atoms with van der Waals surface area (Å²) >= 11 is 0. The second kappa shape index (κ2) is 10.7. The van der Waals surface area contributed by atoms with Crippen LogP contribution in [-0.2, 0) is 13.1 Å². The number of rotatable bonds is 10. The summed E-state index contributed by atoms with van der Waals surface area (Å²) in [6.07, 6.45) is 5.33. The summed E-state index contributed by atoms with van der Waals surface area (Å²) in [6, 6.07) is 20.1. The number of nitrogens with zero attached hydrogens (tertiary/aromatic N) is 2. The number of aryl methyl sites for hydroxylation is 1. The number of hydrogen-bond acceptors (Lipinski definition) is 2. The van der Waals surface area contributed by atoms with Gasteiger partial charge in [-0.05, 0) is 48.7 Å². The minimum absolute atomic E-state index is 0.0206. The third-order valence-electron chi connectivity index (χ3n) is 5.53. The molecule has 3 rings (SSSR count). The van der Waals surface area contributed by atoms with Crippen LogP contribution < -0.4 is 4.74 Å². The Kier molecular flexibility index (Phi) is 7.72. The van der Waals surface area contributed by atoms with E-state index in [4.69, 9.17) is 4.74 Å². The minimum atomic E-state index is 0.0206. The van der Waals surface area contributed by atoms with E-state index in [1.807, 2.05) is 29.2 Å². The van der Waals surface area contributed by atoms with Crippen LogP contribution in [0.5, 0.6) is 5.75 Å². The number of carbonyl (C=O) groups is 1. The Bertz CT molecular complexity index is 961. The predicted molar refractivity (Wildman–Crippen MR) is 122 cm³/mol. The minimum Gasteiger partial charge on any atom is -0.496 e. The number of amides is 1. The summed E-state index contributed by atoms with van der Waals surface area (Å²) in [4.78, 5) is 15.4. The van der Waals surface area contributed by atoms with Crippen molar-refractivity contribution < 1.29 is 9.53 Å². The molecule has 4 nitrogen and oxygen atoms in total. The molecule has 0 saturated carbocycles. The molecule has 30 heavy (non-hydrogen) atoms. The fourth-order valence-corrected chi connectivity index (χ4v) is 3.71. The number of aromatic nitrogens is 1. The van der Waals surface area contributed by atoms with E-state index in [0.717, 1.165) is 38.0 Å². The van der Waals surface area contributed by atoms with Crippen LogP contribution in [0.3, 0.4) is 0 Å². The number of carbonyl (C=O) groups excluding carboxylic acids is 1. The molecule has 0 aliphatic carbocycles. The molecule has 1 heterocycles. The van der Waals surface area contributed by atoms with E-state index in [9.17, 15) is 4.79 Å². The predicted octanol–water partition coefficient (Wildman–Crippen LogP) is 5.69. The second-order valence-electron chi connectivity index (χ2n) is 7.69. The number of benzene rings is 2. The number of methoxy groups -OCH3 is 1. The topological polar surface area (TPSA) is 34.5 Å². The largest absolute Gasteiger partial charge is 0.496 e. The van der Waals surface area contributed by atoms with Gasteiger partial charge in [-0.3, -0.25) is 4.79 Å². The molecule has 0 spiro atoms. The molecule has 0 unspecified atom stereocenters. The third-order valence-corrected chi connectivity index (χ3v) is 5.53. The number of unbranched alkanes of at least 4 members (excludes halogenated alkanes) is 2. The van der Waals surface area contributed by atoms with Crippen molar-refractivity contribution >= 4 is 5.91 Å². The van der Waals surface area contributed by atoms with Gasteiger partial charge in [-0.2, -0.15) is 0 Å². The Morgan fingerprint density at radius 2 is 1.77 bits per heavy atom. The highest BCUT2D eigenvalue weighted by Gasteiger charge is 2.20. The monoisotopic (exact) mass is 404 g/mol. The van der Waals surface area contributed by atoms with Crippen molar-refractivity contribution in [3.8, 4) is 5.75 Å². The molecular weight excluding hydrogens is 372 g/mol. The van der Waals surface area contributed by atoms with E-state index in [0.29, 0.717) is 17.9 Å².